The average molecular weight is 466 g/mol. The topological polar surface area (TPSA) is 70.6 Å². The zero-order valence-corrected chi connectivity index (χ0v) is 19.7. The summed E-state index contributed by atoms with van der Waals surface area (Å²) in [6.45, 7) is 8.30. The predicted octanol–water partition coefficient (Wildman–Crippen LogP) is 4.09. The van der Waals surface area contributed by atoms with E-state index in [1.807, 2.05) is 32.0 Å². The number of nitrogens with zero attached hydrogens (tertiary/aromatic N) is 4. The highest BCUT2D eigenvalue weighted by Crippen LogP contribution is 2.26. The van der Waals surface area contributed by atoms with E-state index in [2.05, 4.69) is 49.4 Å². The Bertz CT molecular complexity index is 1080. The van der Waals surface area contributed by atoms with Gasteiger partial charge in [0, 0.05) is 43.8 Å². The number of benzene rings is 2. The lowest BCUT2D eigenvalue weighted by Gasteiger charge is -2.35. The molecule has 0 spiro atoms. The van der Waals surface area contributed by atoms with Gasteiger partial charge < -0.3 is 15.0 Å². The lowest BCUT2D eigenvalue weighted by Crippen LogP contribution is -2.46. The van der Waals surface area contributed by atoms with E-state index in [1.165, 1.54) is 11.9 Å². The maximum absolute atomic E-state index is 12.4. The van der Waals surface area contributed by atoms with E-state index in [0.717, 1.165) is 49.7 Å². The standard InChI is InChI=1S/C25H28ClN5O2/c1-18-12-21(13-19(2)25(18)26)33-16-24(32)29-22-14-23(28-17-27-22)31-10-8-30(9-11-31)15-20-6-4-3-5-7-20/h3-7,12-14,17H,8-11,15-16H2,1-2H3,(H,27,28,29,32). The summed E-state index contributed by atoms with van der Waals surface area (Å²) in [6, 6.07) is 16.0. The van der Waals surface area contributed by atoms with E-state index in [4.69, 9.17) is 16.3 Å². The number of halogens is 1. The summed E-state index contributed by atoms with van der Waals surface area (Å²) < 4.78 is 5.63. The van der Waals surface area contributed by atoms with Gasteiger partial charge in [-0.2, -0.15) is 0 Å². The first-order valence-corrected chi connectivity index (χ1v) is 11.4. The number of anilines is 2. The fraction of sp³-hybridized carbons (Fsp3) is 0.320. The van der Waals surface area contributed by atoms with Crippen molar-refractivity contribution in [3.8, 4) is 5.75 Å². The molecule has 33 heavy (non-hydrogen) atoms. The Kier molecular flexibility index (Phi) is 7.42. The number of amides is 1. The number of ether oxygens (including phenoxy) is 1. The number of rotatable bonds is 7. The monoisotopic (exact) mass is 465 g/mol. The molecule has 0 saturated carbocycles. The van der Waals surface area contributed by atoms with Crippen LogP contribution in [0.5, 0.6) is 5.75 Å². The van der Waals surface area contributed by atoms with Crippen LogP contribution in [0.2, 0.25) is 5.02 Å². The largest absolute Gasteiger partial charge is 0.484 e. The molecule has 0 radical (unpaired) electrons. The van der Waals surface area contributed by atoms with Crippen molar-refractivity contribution >= 4 is 29.1 Å². The van der Waals surface area contributed by atoms with Crippen molar-refractivity contribution in [1.82, 2.24) is 14.9 Å². The van der Waals surface area contributed by atoms with Gasteiger partial charge in [-0.15, -0.1) is 0 Å². The number of hydrogen-bond acceptors (Lipinski definition) is 6. The van der Waals surface area contributed by atoms with E-state index in [0.29, 0.717) is 16.6 Å². The second kappa shape index (κ2) is 10.6. The van der Waals surface area contributed by atoms with Gasteiger partial charge in [0.2, 0.25) is 0 Å². The van der Waals surface area contributed by atoms with E-state index < -0.39 is 0 Å². The third kappa shape index (κ3) is 6.21. The molecule has 1 fully saturated rings. The molecule has 0 bridgehead atoms. The van der Waals surface area contributed by atoms with Crippen LogP contribution in [0.4, 0.5) is 11.6 Å². The first kappa shape index (κ1) is 23.0. The van der Waals surface area contributed by atoms with Crippen LogP contribution in [-0.4, -0.2) is 53.6 Å². The highest BCUT2D eigenvalue weighted by molar-refractivity contribution is 6.32. The van der Waals surface area contributed by atoms with Gasteiger partial charge in [-0.3, -0.25) is 9.69 Å². The maximum atomic E-state index is 12.4. The first-order valence-electron chi connectivity index (χ1n) is 11.0. The Morgan fingerprint density at radius 1 is 1.03 bits per heavy atom. The second-order valence-electron chi connectivity index (χ2n) is 8.22. The van der Waals surface area contributed by atoms with Crippen molar-refractivity contribution in [2.45, 2.75) is 20.4 Å². The fourth-order valence-corrected chi connectivity index (χ4v) is 3.99. The van der Waals surface area contributed by atoms with Crippen LogP contribution in [0.1, 0.15) is 16.7 Å². The van der Waals surface area contributed by atoms with Gasteiger partial charge in [0.15, 0.2) is 6.61 Å². The molecule has 1 saturated heterocycles. The molecule has 1 N–H and O–H groups in total. The van der Waals surface area contributed by atoms with Crippen LogP contribution < -0.4 is 15.0 Å². The molecule has 0 aliphatic carbocycles. The van der Waals surface area contributed by atoms with Crippen molar-refractivity contribution in [2.24, 2.45) is 0 Å². The molecule has 7 nitrogen and oxygen atoms in total. The fourth-order valence-electron chi connectivity index (χ4n) is 3.88. The minimum atomic E-state index is -0.280. The zero-order valence-electron chi connectivity index (χ0n) is 18.9. The Morgan fingerprint density at radius 3 is 2.42 bits per heavy atom. The Morgan fingerprint density at radius 2 is 1.73 bits per heavy atom. The molecular weight excluding hydrogens is 438 g/mol. The van der Waals surface area contributed by atoms with Crippen LogP contribution in [0, 0.1) is 13.8 Å². The Balaban J connectivity index is 1.28. The summed E-state index contributed by atoms with van der Waals surface area (Å²) in [5, 5.41) is 3.50. The van der Waals surface area contributed by atoms with Crippen LogP contribution in [0.15, 0.2) is 54.9 Å². The van der Waals surface area contributed by atoms with Gasteiger partial charge in [0.25, 0.3) is 5.91 Å². The molecule has 8 heteroatoms. The summed E-state index contributed by atoms with van der Waals surface area (Å²) >= 11 is 6.19. The molecule has 3 aromatic rings. The van der Waals surface area contributed by atoms with Crippen LogP contribution in [0.3, 0.4) is 0 Å². The van der Waals surface area contributed by atoms with Crippen molar-refractivity contribution in [3.63, 3.8) is 0 Å². The van der Waals surface area contributed by atoms with Gasteiger partial charge in [-0.05, 0) is 42.7 Å². The zero-order chi connectivity index (χ0) is 23.2. The van der Waals surface area contributed by atoms with Crippen molar-refractivity contribution in [3.05, 3.63) is 76.6 Å². The minimum absolute atomic E-state index is 0.113. The third-order valence-electron chi connectivity index (χ3n) is 5.65. The van der Waals surface area contributed by atoms with Gasteiger partial charge >= 0.3 is 0 Å². The van der Waals surface area contributed by atoms with E-state index in [-0.39, 0.29) is 12.5 Å². The van der Waals surface area contributed by atoms with Crippen LogP contribution >= 0.6 is 11.6 Å². The molecule has 1 amide bonds. The first-order chi connectivity index (χ1) is 16.0. The number of aromatic nitrogens is 2. The molecule has 0 atom stereocenters. The van der Waals surface area contributed by atoms with Crippen molar-refractivity contribution in [1.29, 1.82) is 0 Å². The molecular formula is C25H28ClN5O2. The molecule has 2 aromatic carbocycles. The van der Waals surface area contributed by atoms with Gasteiger partial charge in [0.05, 0.1) is 0 Å². The quantitative estimate of drug-likeness (QED) is 0.566. The second-order valence-corrected chi connectivity index (χ2v) is 8.60. The summed E-state index contributed by atoms with van der Waals surface area (Å²) in [7, 11) is 0. The summed E-state index contributed by atoms with van der Waals surface area (Å²) in [4.78, 5) is 25.6. The molecule has 4 rings (SSSR count). The Hall–Kier alpha value is -3.16. The number of aryl methyl sites for hydroxylation is 2. The number of hydrogen-bond donors (Lipinski definition) is 1. The molecule has 172 valence electrons. The summed E-state index contributed by atoms with van der Waals surface area (Å²) in [6.07, 6.45) is 1.48. The van der Waals surface area contributed by atoms with E-state index in [1.54, 1.807) is 6.07 Å². The predicted molar refractivity (Wildman–Crippen MR) is 131 cm³/mol. The third-order valence-corrected chi connectivity index (χ3v) is 6.24. The smallest absolute Gasteiger partial charge is 0.263 e. The maximum Gasteiger partial charge on any atom is 0.263 e. The van der Waals surface area contributed by atoms with E-state index >= 15 is 0 Å². The number of carbonyl (C=O) groups excluding carboxylic acids is 1. The number of nitrogens with one attached hydrogen (secondary N) is 1. The summed E-state index contributed by atoms with van der Waals surface area (Å²) in [5.41, 5.74) is 3.15. The van der Waals surface area contributed by atoms with Crippen molar-refractivity contribution in [2.75, 3.05) is 43.0 Å². The number of carbonyl (C=O) groups is 1. The van der Waals surface area contributed by atoms with Crippen LogP contribution in [-0.2, 0) is 11.3 Å². The molecule has 1 aromatic heterocycles. The van der Waals surface area contributed by atoms with Gasteiger partial charge in [-0.1, -0.05) is 41.9 Å². The molecule has 1 aliphatic rings. The van der Waals surface area contributed by atoms with E-state index in [9.17, 15) is 4.79 Å². The normalized spacial score (nSPS) is 14.2. The minimum Gasteiger partial charge on any atom is -0.484 e. The average Bonchev–Trinajstić information content (AvgIpc) is 2.82. The van der Waals surface area contributed by atoms with Gasteiger partial charge in [-0.25, -0.2) is 9.97 Å². The van der Waals surface area contributed by atoms with Crippen LogP contribution in [0.25, 0.3) is 0 Å². The molecule has 0 unspecified atom stereocenters. The lowest BCUT2D eigenvalue weighted by atomic mass is 10.1. The number of piperazine rings is 1. The highest BCUT2D eigenvalue weighted by Gasteiger charge is 2.19. The van der Waals surface area contributed by atoms with Gasteiger partial charge in [0.1, 0.15) is 23.7 Å². The summed E-state index contributed by atoms with van der Waals surface area (Å²) in [5.74, 6) is 1.60. The Labute approximate surface area is 199 Å². The van der Waals surface area contributed by atoms with Crippen molar-refractivity contribution < 1.29 is 9.53 Å². The highest BCUT2D eigenvalue weighted by atomic mass is 35.5. The lowest BCUT2D eigenvalue weighted by molar-refractivity contribution is -0.118. The molecule has 2 heterocycles. The SMILES string of the molecule is Cc1cc(OCC(=O)Nc2cc(N3CCN(Cc4ccccc4)CC3)ncn2)cc(C)c1Cl. The molecule has 1 aliphatic heterocycles.